The Balaban J connectivity index is 2.88. The molecule has 0 radical (unpaired) electrons. The molecule has 104 valence electrons. The predicted molar refractivity (Wildman–Crippen MR) is 72.6 cm³/mol. The van der Waals surface area contributed by atoms with E-state index in [9.17, 15) is 14.9 Å². The maximum Gasteiger partial charge on any atom is 0.272 e. The number of nitrogens with one attached hydrogen (secondary N) is 1. The first kappa shape index (κ1) is 15.1. The van der Waals surface area contributed by atoms with Crippen molar-refractivity contribution in [2.24, 2.45) is 11.7 Å². The van der Waals surface area contributed by atoms with Gasteiger partial charge < -0.3 is 11.1 Å². The van der Waals surface area contributed by atoms with E-state index in [1.165, 1.54) is 6.07 Å². The van der Waals surface area contributed by atoms with Crippen LogP contribution in [0.1, 0.15) is 31.0 Å². The van der Waals surface area contributed by atoms with Crippen molar-refractivity contribution in [3.8, 4) is 0 Å². The average molecular weight is 265 g/mol. The second-order valence-electron chi connectivity index (χ2n) is 4.67. The molecule has 2 atom stereocenters. The van der Waals surface area contributed by atoms with Crippen LogP contribution in [0, 0.1) is 23.0 Å². The zero-order valence-corrected chi connectivity index (χ0v) is 11.3. The SMILES string of the molecule is Cc1ccc(C(C)NC(=O)C(C)CN)cc1[N+](=O)[O-]. The predicted octanol–water partition coefficient (Wildman–Crippen LogP) is 1.68. The Morgan fingerprint density at radius 1 is 1.47 bits per heavy atom. The van der Waals surface area contributed by atoms with Gasteiger partial charge in [-0.2, -0.15) is 0 Å². The van der Waals surface area contributed by atoms with E-state index in [2.05, 4.69) is 5.32 Å². The lowest BCUT2D eigenvalue weighted by atomic mass is 10.0. The lowest BCUT2D eigenvalue weighted by Gasteiger charge is -2.17. The number of nitrogens with two attached hydrogens (primary N) is 1. The fourth-order valence-electron chi connectivity index (χ4n) is 1.64. The molecule has 0 aliphatic heterocycles. The summed E-state index contributed by atoms with van der Waals surface area (Å²) in [4.78, 5) is 22.2. The molecule has 2 unspecified atom stereocenters. The van der Waals surface area contributed by atoms with Crippen LogP contribution in [0.4, 0.5) is 5.69 Å². The molecule has 6 heteroatoms. The van der Waals surface area contributed by atoms with Gasteiger partial charge in [-0.1, -0.05) is 19.1 Å². The zero-order valence-electron chi connectivity index (χ0n) is 11.3. The summed E-state index contributed by atoms with van der Waals surface area (Å²) < 4.78 is 0. The molecule has 6 nitrogen and oxygen atoms in total. The van der Waals surface area contributed by atoms with Gasteiger partial charge in [0.25, 0.3) is 5.69 Å². The average Bonchev–Trinajstić information content (AvgIpc) is 2.37. The number of nitro benzene ring substituents is 1. The van der Waals surface area contributed by atoms with E-state index in [1.807, 2.05) is 0 Å². The minimum Gasteiger partial charge on any atom is -0.349 e. The van der Waals surface area contributed by atoms with E-state index in [0.29, 0.717) is 11.1 Å². The van der Waals surface area contributed by atoms with Gasteiger partial charge in [0.1, 0.15) is 0 Å². The number of hydrogen-bond acceptors (Lipinski definition) is 4. The van der Waals surface area contributed by atoms with Crippen molar-refractivity contribution in [1.29, 1.82) is 0 Å². The molecule has 19 heavy (non-hydrogen) atoms. The lowest BCUT2D eigenvalue weighted by molar-refractivity contribution is -0.385. The molecule has 0 aromatic heterocycles. The second kappa shape index (κ2) is 6.29. The van der Waals surface area contributed by atoms with Gasteiger partial charge in [-0.05, 0) is 19.4 Å². The van der Waals surface area contributed by atoms with E-state index in [0.717, 1.165) is 0 Å². The third kappa shape index (κ3) is 3.75. The summed E-state index contributed by atoms with van der Waals surface area (Å²) in [6.07, 6.45) is 0. The minimum atomic E-state index is -0.421. The van der Waals surface area contributed by atoms with Crippen LogP contribution in [0.2, 0.25) is 0 Å². The van der Waals surface area contributed by atoms with Crippen LogP contribution in [-0.2, 0) is 4.79 Å². The van der Waals surface area contributed by atoms with Gasteiger partial charge in [-0.3, -0.25) is 14.9 Å². The van der Waals surface area contributed by atoms with Gasteiger partial charge in [0.15, 0.2) is 0 Å². The van der Waals surface area contributed by atoms with Crippen molar-refractivity contribution in [1.82, 2.24) is 5.32 Å². The van der Waals surface area contributed by atoms with Crippen molar-refractivity contribution in [2.45, 2.75) is 26.8 Å². The number of carbonyl (C=O) groups is 1. The Morgan fingerprint density at radius 3 is 2.63 bits per heavy atom. The summed E-state index contributed by atoms with van der Waals surface area (Å²) in [5.41, 5.74) is 6.78. The number of benzene rings is 1. The third-order valence-corrected chi connectivity index (χ3v) is 3.09. The molecule has 1 aromatic carbocycles. The minimum absolute atomic E-state index is 0.0606. The lowest BCUT2D eigenvalue weighted by Crippen LogP contribution is -2.34. The normalized spacial score (nSPS) is 13.7. The molecule has 0 fully saturated rings. The maximum absolute atomic E-state index is 11.7. The molecule has 3 N–H and O–H groups in total. The van der Waals surface area contributed by atoms with Gasteiger partial charge in [-0.25, -0.2) is 0 Å². The molecule has 1 amide bonds. The highest BCUT2D eigenvalue weighted by Crippen LogP contribution is 2.23. The highest BCUT2D eigenvalue weighted by molar-refractivity contribution is 5.78. The van der Waals surface area contributed by atoms with Gasteiger partial charge in [0.05, 0.1) is 11.0 Å². The highest BCUT2D eigenvalue weighted by Gasteiger charge is 2.17. The summed E-state index contributed by atoms with van der Waals surface area (Å²) in [6, 6.07) is 4.66. The molecule has 0 aliphatic rings. The summed E-state index contributed by atoms with van der Waals surface area (Å²) in [7, 11) is 0. The van der Waals surface area contributed by atoms with Crippen molar-refractivity contribution in [3.05, 3.63) is 39.4 Å². The molecule has 1 aromatic rings. The van der Waals surface area contributed by atoms with Crippen LogP contribution in [0.15, 0.2) is 18.2 Å². The Kier molecular flexibility index (Phi) is 5.00. The van der Waals surface area contributed by atoms with Crippen LogP contribution in [0.25, 0.3) is 0 Å². The van der Waals surface area contributed by atoms with Crippen LogP contribution in [-0.4, -0.2) is 17.4 Å². The van der Waals surface area contributed by atoms with Gasteiger partial charge >= 0.3 is 0 Å². The van der Waals surface area contributed by atoms with Gasteiger partial charge in [0, 0.05) is 24.1 Å². The molecular formula is C13H19N3O3. The molecular weight excluding hydrogens is 246 g/mol. The standard InChI is InChI=1S/C13H19N3O3/c1-8-4-5-11(6-12(8)16(18)19)10(3)15-13(17)9(2)7-14/h4-6,9-10H,7,14H2,1-3H3,(H,15,17). The van der Waals surface area contributed by atoms with E-state index >= 15 is 0 Å². The maximum atomic E-state index is 11.7. The van der Waals surface area contributed by atoms with Gasteiger partial charge in [0.2, 0.25) is 5.91 Å². The molecule has 1 rings (SSSR count). The zero-order chi connectivity index (χ0) is 14.6. The van der Waals surface area contributed by atoms with E-state index in [4.69, 9.17) is 5.73 Å². The summed E-state index contributed by atoms with van der Waals surface area (Å²) in [5, 5.41) is 13.7. The molecule has 0 aliphatic carbocycles. The summed E-state index contributed by atoms with van der Waals surface area (Å²) >= 11 is 0. The molecule has 0 bridgehead atoms. The van der Waals surface area contributed by atoms with Crippen molar-refractivity contribution >= 4 is 11.6 Å². The number of hydrogen-bond donors (Lipinski definition) is 2. The monoisotopic (exact) mass is 265 g/mol. The van der Waals surface area contributed by atoms with E-state index in [-0.39, 0.29) is 30.1 Å². The number of aryl methyl sites for hydroxylation is 1. The fourth-order valence-corrected chi connectivity index (χ4v) is 1.64. The summed E-state index contributed by atoms with van der Waals surface area (Å²) in [5.74, 6) is -0.430. The van der Waals surface area contributed by atoms with Crippen LogP contribution in [0.5, 0.6) is 0 Å². The first-order valence-electron chi connectivity index (χ1n) is 6.12. The topological polar surface area (TPSA) is 98.3 Å². The second-order valence-corrected chi connectivity index (χ2v) is 4.67. The van der Waals surface area contributed by atoms with Crippen LogP contribution in [0.3, 0.4) is 0 Å². The van der Waals surface area contributed by atoms with Crippen molar-refractivity contribution in [2.75, 3.05) is 6.54 Å². The van der Waals surface area contributed by atoms with Gasteiger partial charge in [-0.15, -0.1) is 0 Å². The Hall–Kier alpha value is -1.95. The Morgan fingerprint density at radius 2 is 2.11 bits per heavy atom. The quantitative estimate of drug-likeness (QED) is 0.625. The third-order valence-electron chi connectivity index (χ3n) is 3.09. The smallest absolute Gasteiger partial charge is 0.272 e. The summed E-state index contributed by atoms with van der Waals surface area (Å²) in [6.45, 7) is 5.48. The number of nitro groups is 1. The fraction of sp³-hybridized carbons (Fsp3) is 0.462. The molecule has 0 saturated carbocycles. The first-order chi connectivity index (χ1) is 8.86. The highest BCUT2D eigenvalue weighted by atomic mass is 16.6. The molecule has 0 spiro atoms. The van der Waals surface area contributed by atoms with Crippen molar-refractivity contribution in [3.63, 3.8) is 0 Å². The first-order valence-corrected chi connectivity index (χ1v) is 6.12. The van der Waals surface area contributed by atoms with Crippen molar-refractivity contribution < 1.29 is 9.72 Å². The largest absolute Gasteiger partial charge is 0.349 e. The Labute approximate surface area is 112 Å². The number of nitrogens with zero attached hydrogens (tertiary/aromatic N) is 1. The van der Waals surface area contributed by atoms with Crippen LogP contribution < -0.4 is 11.1 Å². The molecule has 0 saturated heterocycles. The number of rotatable bonds is 5. The van der Waals surface area contributed by atoms with Crippen LogP contribution >= 0.6 is 0 Å². The number of carbonyl (C=O) groups excluding carboxylic acids is 1. The van der Waals surface area contributed by atoms with E-state index in [1.54, 1.807) is 32.9 Å². The Bertz CT molecular complexity index is 488. The van der Waals surface area contributed by atoms with E-state index < -0.39 is 4.92 Å². The molecule has 0 heterocycles. The number of amides is 1.